The molecule has 3 aromatic rings. The van der Waals surface area contributed by atoms with Crippen molar-refractivity contribution in [3.63, 3.8) is 0 Å². The highest BCUT2D eigenvalue weighted by atomic mass is 16.6. The number of anilines is 1. The van der Waals surface area contributed by atoms with E-state index in [1.54, 1.807) is 12.0 Å². The molecule has 1 N–H and O–H groups in total. The van der Waals surface area contributed by atoms with E-state index in [-0.39, 0.29) is 18.2 Å². The van der Waals surface area contributed by atoms with Crippen molar-refractivity contribution in [3.05, 3.63) is 60.2 Å². The molecule has 7 heteroatoms. The fourth-order valence-electron chi connectivity index (χ4n) is 4.24. The van der Waals surface area contributed by atoms with Crippen LogP contribution < -0.4 is 5.32 Å². The summed E-state index contributed by atoms with van der Waals surface area (Å²) in [7, 11) is 1.75. The SMILES string of the molecule is COC(Cn1c(NC2CCN(C(=O)OC(C)(C)C)CC2)nc2ccccc21)c1ccccc1. The number of amides is 1. The van der Waals surface area contributed by atoms with Crippen molar-refractivity contribution in [2.45, 2.75) is 57.9 Å². The van der Waals surface area contributed by atoms with Crippen LogP contribution >= 0.6 is 0 Å². The maximum Gasteiger partial charge on any atom is 0.410 e. The van der Waals surface area contributed by atoms with E-state index >= 15 is 0 Å². The highest BCUT2D eigenvalue weighted by molar-refractivity contribution is 5.78. The van der Waals surface area contributed by atoms with Crippen molar-refractivity contribution in [1.82, 2.24) is 14.5 Å². The first-order chi connectivity index (χ1) is 15.8. The Bertz CT molecular complexity index is 1070. The maximum atomic E-state index is 12.4. The van der Waals surface area contributed by atoms with Crippen molar-refractivity contribution in [2.24, 2.45) is 0 Å². The summed E-state index contributed by atoms with van der Waals surface area (Å²) in [5.74, 6) is 0.838. The van der Waals surface area contributed by atoms with Crippen LogP contribution in [-0.2, 0) is 16.0 Å². The van der Waals surface area contributed by atoms with Crippen LogP contribution in [-0.4, -0.2) is 52.4 Å². The number of methoxy groups -OCH3 is 1. The minimum absolute atomic E-state index is 0.0848. The number of carbonyl (C=O) groups is 1. The Kier molecular flexibility index (Phi) is 6.88. The zero-order valence-corrected chi connectivity index (χ0v) is 20.0. The number of rotatable bonds is 6. The first-order valence-electron chi connectivity index (χ1n) is 11.6. The lowest BCUT2D eigenvalue weighted by Gasteiger charge is -2.34. The van der Waals surface area contributed by atoms with Crippen molar-refractivity contribution in [3.8, 4) is 0 Å². The smallest absolute Gasteiger partial charge is 0.410 e. The van der Waals surface area contributed by atoms with Crippen molar-refractivity contribution >= 4 is 23.1 Å². The number of para-hydroxylation sites is 2. The number of nitrogens with zero attached hydrogens (tertiary/aromatic N) is 3. The third kappa shape index (κ3) is 5.66. The summed E-state index contributed by atoms with van der Waals surface area (Å²) >= 11 is 0. The molecule has 0 aliphatic carbocycles. The number of carbonyl (C=O) groups excluding carboxylic acids is 1. The van der Waals surface area contributed by atoms with E-state index in [2.05, 4.69) is 28.1 Å². The molecule has 0 bridgehead atoms. The topological polar surface area (TPSA) is 68.6 Å². The number of ether oxygens (including phenoxy) is 2. The standard InChI is InChI=1S/C26H34N4O3/c1-26(2,3)33-25(31)29-16-14-20(15-17-29)27-24-28-21-12-8-9-13-22(21)30(24)18-23(32-4)19-10-6-5-7-11-19/h5-13,20,23H,14-18H2,1-4H3,(H,27,28). The molecule has 33 heavy (non-hydrogen) atoms. The molecular weight excluding hydrogens is 416 g/mol. The van der Waals surface area contributed by atoms with Gasteiger partial charge in [-0.05, 0) is 51.3 Å². The van der Waals surface area contributed by atoms with Gasteiger partial charge in [-0.3, -0.25) is 0 Å². The second-order valence-corrected chi connectivity index (χ2v) is 9.56. The fraction of sp³-hybridized carbons (Fsp3) is 0.462. The second kappa shape index (κ2) is 9.83. The molecule has 2 heterocycles. The summed E-state index contributed by atoms with van der Waals surface area (Å²) in [6.45, 7) is 7.67. The molecule has 7 nitrogen and oxygen atoms in total. The van der Waals surface area contributed by atoms with Crippen LogP contribution in [0.25, 0.3) is 11.0 Å². The van der Waals surface area contributed by atoms with Gasteiger partial charge in [0.25, 0.3) is 0 Å². The van der Waals surface area contributed by atoms with Crippen LogP contribution in [0.4, 0.5) is 10.7 Å². The summed E-state index contributed by atoms with van der Waals surface area (Å²) in [4.78, 5) is 19.1. The molecule has 176 valence electrons. The van der Waals surface area contributed by atoms with E-state index < -0.39 is 5.60 Å². The lowest BCUT2D eigenvalue weighted by molar-refractivity contribution is 0.0210. The summed E-state index contributed by atoms with van der Waals surface area (Å²) in [5, 5.41) is 3.65. The Morgan fingerprint density at radius 1 is 1.09 bits per heavy atom. The van der Waals surface area contributed by atoms with Gasteiger partial charge in [-0.15, -0.1) is 0 Å². The molecular formula is C26H34N4O3. The largest absolute Gasteiger partial charge is 0.444 e. The summed E-state index contributed by atoms with van der Waals surface area (Å²) in [5.41, 5.74) is 2.68. The molecule has 0 spiro atoms. The first kappa shape index (κ1) is 23.1. The molecule has 1 aliphatic heterocycles. The minimum Gasteiger partial charge on any atom is -0.444 e. The highest BCUT2D eigenvalue weighted by Crippen LogP contribution is 2.27. The molecule has 2 aromatic carbocycles. The average Bonchev–Trinajstić information content (AvgIpc) is 3.14. The number of nitrogens with one attached hydrogen (secondary N) is 1. The van der Waals surface area contributed by atoms with Gasteiger partial charge >= 0.3 is 6.09 Å². The van der Waals surface area contributed by atoms with E-state index in [9.17, 15) is 4.79 Å². The van der Waals surface area contributed by atoms with Crippen molar-refractivity contribution in [1.29, 1.82) is 0 Å². The Morgan fingerprint density at radius 3 is 2.42 bits per heavy atom. The van der Waals surface area contributed by atoms with Crippen molar-refractivity contribution in [2.75, 3.05) is 25.5 Å². The van der Waals surface area contributed by atoms with Crippen LogP contribution in [0.1, 0.15) is 45.3 Å². The van der Waals surface area contributed by atoms with Gasteiger partial charge in [0.15, 0.2) is 0 Å². The van der Waals surface area contributed by atoms with Crippen LogP contribution in [0.5, 0.6) is 0 Å². The zero-order chi connectivity index (χ0) is 23.4. The maximum absolute atomic E-state index is 12.4. The molecule has 1 saturated heterocycles. The average molecular weight is 451 g/mol. The Labute approximate surface area is 195 Å². The zero-order valence-electron chi connectivity index (χ0n) is 20.0. The number of benzene rings is 2. The Balaban J connectivity index is 1.49. The van der Waals surface area contributed by atoms with Gasteiger partial charge in [-0.25, -0.2) is 9.78 Å². The number of hydrogen-bond donors (Lipinski definition) is 1. The van der Waals surface area contributed by atoms with Gasteiger partial charge in [-0.1, -0.05) is 42.5 Å². The molecule has 4 rings (SSSR count). The minimum atomic E-state index is -0.478. The first-order valence-corrected chi connectivity index (χ1v) is 11.6. The van der Waals surface area contributed by atoms with E-state index in [1.807, 2.05) is 57.2 Å². The van der Waals surface area contributed by atoms with E-state index in [0.29, 0.717) is 19.6 Å². The third-order valence-corrected chi connectivity index (χ3v) is 5.94. The molecule has 1 atom stereocenters. The molecule has 0 saturated carbocycles. The molecule has 1 fully saturated rings. The summed E-state index contributed by atoms with van der Waals surface area (Å²) in [6.07, 6.45) is 1.36. The molecule has 1 unspecified atom stereocenters. The number of aromatic nitrogens is 2. The van der Waals surface area contributed by atoms with E-state index in [4.69, 9.17) is 14.5 Å². The van der Waals surface area contributed by atoms with E-state index in [1.165, 1.54) is 0 Å². The second-order valence-electron chi connectivity index (χ2n) is 9.56. The predicted molar refractivity (Wildman–Crippen MR) is 130 cm³/mol. The summed E-state index contributed by atoms with van der Waals surface area (Å²) in [6, 6.07) is 18.7. The lowest BCUT2D eigenvalue weighted by atomic mass is 10.1. The predicted octanol–water partition coefficient (Wildman–Crippen LogP) is 5.24. The van der Waals surface area contributed by atoms with Crippen LogP contribution in [0.15, 0.2) is 54.6 Å². The Morgan fingerprint density at radius 2 is 1.76 bits per heavy atom. The number of likely N-dealkylation sites (tertiary alicyclic amines) is 1. The van der Waals surface area contributed by atoms with Crippen LogP contribution in [0.3, 0.4) is 0 Å². The van der Waals surface area contributed by atoms with Gasteiger partial charge in [0.1, 0.15) is 11.7 Å². The quantitative estimate of drug-likeness (QED) is 0.557. The van der Waals surface area contributed by atoms with Crippen molar-refractivity contribution < 1.29 is 14.3 Å². The molecule has 0 radical (unpaired) electrons. The summed E-state index contributed by atoms with van der Waals surface area (Å²) < 4.78 is 13.6. The molecule has 1 amide bonds. The highest BCUT2D eigenvalue weighted by Gasteiger charge is 2.28. The van der Waals surface area contributed by atoms with E-state index in [0.717, 1.165) is 35.4 Å². The fourth-order valence-corrected chi connectivity index (χ4v) is 4.24. The van der Waals surface area contributed by atoms with Gasteiger partial charge < -0.3 is 24.3 Å². The normalized spacial score (nSPS) is 16.1. The molecule has 1 aliphatic rings. The third-order valence-electron chi connectivity index (χ3n) is 5.94. The van der Waals surface area contributed by atoms with Gasteiger partial charge in [0.05, 0.1) is 17.6 Å². The Hall–Kier alpha value is -3.06. The van der Waals surface area contributed by atoms with Crippen LogP contribution in [0, 0.1) is 0 Å². The van der Waals surface area contributed by atoms with Gasteiger partial charge in [0.2, 0.25) is 5.95 Å². The van der Waals surface area contributed by atoms with Gasteiger partial charge in [-0.2, -0.15) is 0 Å². The van der Waals surface area contributed by atoms with Gasteiger partial charge in [0, 0.05) is 26.2 Å². The monoisotopic (exact) mass is 450 g/mol. The number of imidazole rings is 1. The number of piperidine rings is 1. The number of fused-ring (bicyclic) bond motifs is 1. The number of hydrogen-bond acceptors (Lipinski definition) is 5. The van der Waals surface area contributed by atoms with Crippen LogP contribution in [0.2, 0.25) is 0 Å². The lowest BCUT2D eigenvalue weighted by Crippen LogP contribution is -2.44. The molecule has 1 aromatic heterocycles.